The molecule has 0 saturated carbocycles. The van der Waals surface area contributed by atoms with Gasteiger partial charge in [-0.1, -0.05) is 0 Å². The lowest BCUT2D eigenvalue weighted by molar-refractivity contribution is 0.0710. The van der Waals surface area contributed by atoms with Crippen LogP contribution in [0.1, 0.15) is 41.0 Å². The van der Waals surface area contributed by atoms with Crippen LogP contribution in [0.2, 0.25) is 6.04 Å². The lowest BCUT2D eigenvalue weighted by atomic mass is 10.4. The highest BCUT2D eigenvalue weighted by atomic mass is 32.2. The summed E-state index contributed by atoms with van der Waals surface area (Å²) >= 11 is 1.65. The average molecular weight is 364 g/mol. The third-order valence-corrected chi connectivity index (χ3v) is 6.98. The first-order chi connectivity index (χ1) is 11.1. The van der Waals surface area contributed by atoms with Gasteiger partial charge in [0.1, 0.15) is 5.76 Å². The average Bonchev–Trinajstić information content (AvgIpc) is 2.52. The number of nitrogens with zero attached hydrogens (tertiary/aromatic N) is 1. The number of thioether (sulfide) groups is 1. The smallest absolute Gasteiger partial charge is 0.497 e. The first-order valence-electron chi connectivity index (χ1n) is 8.38. The Morgan fingerprint density at radius 1 is 1.00 bits per heavy atom. The van der Waals surface area contributed by atoms with Crippen molar-refractivity contribution in [2.75, 3.05) is 39.2 Å². The summed E-state index contributed by atoms with van der Waals surface area (Å²) in [6, 6.07) is 0.794. The lowest BCUT2D eigenvalue weighted by Crippen LogP contribution is -2.46. The molecule has 0 aromatic carbocycles. The van der Waals surface area contributed by atoms with Crippen LogP contribution in [-0.4, -0.2) is 54.2 Å². The van der Waals surface area contributed by atoms with Gasteiger partial charge in [-0.15, -0.1) is 11.8 Å². The molecule has 0 aliphatic rings. The number of hydrogen-bond acceptors (Lipinski definition) is 6. The highest BCUT2D eigenvalue weighted by Gasteiger charge is 2.39. The summed E-state index contributed by atoms with van der Waals surface area (Å²) in [5, 5.41) is 0. The van der Waals surface area contributed by atoms with E-state index in [0.29, 0.717) is 26.4 Å². The first kappa shape index (κ1) is 22.7. The van der Waals surface area contributed by atoms with Crippen molar-refractivity contribution in [1.82, 2.24) is 0 Å². The lowest BCUT2D eigenvalue weighted by Gasteiger charge is -2.28. The summed E-state index contributed by atoms with van der Waals surface area (Å²) in [6.45, 7) is 13.1. The van der Waals surface area contributed by atoms with Crippen molar-refractivity contribution in [3.8, 4) is 0 Å². The number of aliphatic imine (C=N–C) groups is 1. The van der Waals surface area contributed by atoms with E-state index in [0.717, 1.165) is 29.7 Å². The van der Waals surface area contributed by atoms with Crippen molar-refractivity contribution < 1.29 is 18.0 Å². The molecule has 0 N–H and O–H groups in total. The normalized spacial score (nSPS) is 13.5. The topological polar surface area (TPSA) is 49.3 Å². The molecule has 7 heteroatoms. The van der Waals surface area contributed by atoms with E-state index >= 15 is 0 Å². The maximum Gasteiger partial charge on any atom is 0.500 e. The van der Waals surface area contributed by atoms with Crippen molar-refractivity contribution in [3.05, 3.63) is 10.7 Å². The van der Waals surface area contributed by atoms with Crippen molar-refractivity contribution in [2.24, 2.45) is 4.99 Å². The molecular weight excluding hydrogens is 330 g/mol. The maximum absolute atomic E-state index is 5.84. The van der Waals surface area contributed by atoms with Gasteiger partial charge in [0.2, 0.25) is 0 Å². The van der Waals surface area contributed by atoms with Gasteiger partial charge in [0.15, 0.2) is 0 Å². The number of hydrogen-bond donors (Lipinski definition) is 0. The zero-order chi connectivity index (χ0) is 17.6. The van der Waals surface area contributed by atoms with Gasteiger partial charge in [0, 0.05) is 38.6 Å². The van der Waals surface area contributed by atoms with Gasteiger partial charge in [-0.3, -0.25) is 4.99 Å². The Labute approximate surface area is 147 Å². The molecule has 0 aromatic rings. The van der Waals surface area contributed by atoms with Crippen molar-refractivity contribution in [2.45, 2.75) is 47.1 Å². The van der Waals surface area contributed by atoms with Crippen LogP contribution in [-0.2, 0) is 18.0 Å². The first-order valence-corrected chi connectivity index (χ1v) is 11.5. The summed E-state index contributed by atoms with van der Waals surface area (Å²) < 4.78 is 23.0. The summed E-state index contributed by atoms with van der Waals surface area (Å²) in [5.74, 6) is 0.922. The molecule has 0 aliphatic carbocycles. The van der Waals surface area contributed by atoms with Gasteiger partial charge in [-0.25, -0.2) is 0 Å². The van der Waals surface area contributed by atoms with Gasteiger partial charge < -0.3 is 18.0 Å². The molecule has 0 aliphatic heterocycles. The van der Waals surface area contributed by atoms with E-state index in [1.165, 1.54) is 0 Å². The minimum Gasteiger partial charge on any atom is -0.497 e. The Kier molecular flexibility index (Phi) is 13.8. The van der Waals surface area contributed by atoms with Crippen LogP contribution >= 0.6 is 11.8 Å². The monoisotopic (exact) mass is 363 g/mol. The minimum absolute atomic E-state index is 0.613. The second-order valence-electron chi connectivity index (χ2n) is 4.68. The van der Waals surface area contributed by atoms with Crippen LogP contribution < -0.4 is 0 Å². The van der Waals surface area contributed by atoms with Crippen LogP contribution in [0.3, 0.4) is 0 Å². The van der Waals surface area contributed by atoms with Gasteiger partial charge in [0.25, 0.3) is 0 Å². The van der Waals surface area contributed by atoms with Crippen molar-refractivity contribution in [1.29, 1.82) is 0 Å². The molecule has 0 amide bonds. The highest BCUT2D eigenvalue weighted by Crippen LogP contribution is 2.19. The molecule has 0 radical (unpaired) electrons. The molecule has 0 heterocycles. The Morgan fingerprint density at radius 2 is 1.57 bits per heavy atom. The molecule has 0 fully saturated rings. The standard InChI is InChI=1S/C16H33NO4SSi/c1-7-18-15(5)16(22-6)14-17-12-11-13-23(19-8-2,20-9-3)21-10-4/h14H,7-13H2,1-6H3. The fraction of sp³-hybridized carbons (Fsp3) is 0.812. The van der Waals surface area contributed by atoms with Crippen LogP contribution in [0.4, 0.5) is 0 Å². The summed E-state index contributed by atoms with van der Waals surface area (Å²) in [5.41, 5.74) is 0. The van der Waals surface area contributed by atoms with E-state index in [2.05, 4.69) is 4.99 Å². The molecule has 136 valence electrons. The Balaban J connectivity index is 4.53. The Hall–Kier alpha value is -0.343. The van der Waals surface area contributed by atoms with E-state index < -0.39 is 8.80 Å². The molecular formula is C16H33NO4SSi. The van der Waals surface area contributed by atoms with E-state index in [4.69, 9.17) is 18.0 Å². The van der Waals surface area contributed by atoms with E-state index in [9.17, 15) is 0 Å². The van der Waals surface area contributed by atoms with Gasteiger partial charge >= 0.3 is 8.80 Å². The third-order valence-electron chi connectivity index (χ3n) is 3.00. The number of allylic oxidation sites excluding steroid dienone is 2. The molecule has 0 spiro atoms. The summed E-state index contributed by atoms with van der Waals surface area (Å²) in [6.07, 6.45) is 4.81. The van der Waals surface area contributed by atoms with E-state index in [-0.39, 0.29) is 0 Å². The zero-order valence-electron chi connectivity index (χ0n) is 15.5. The predicted octanol–water partition coefficient (Wildman–Crippen LogP) is 4.13. The second-order valence-corrected chi connectivity index (χ2v) is 8.26. The number of rotatable bonds is 14. The fourth-order valence-electron chi connectivity index (χ4n) is 2.11. The summed E-state index contributed by atoms with van der Waals surface area (Å²) in [4.78, 5) is 5.57. The van der Waals surface area contributed by atoms with Crippen LogP contribution in [0.15, 0.2) is 15.7 Å². The second kappa shape index (κ2) is 14.0. The molecule has 5 nitrogen and oxygen atoms in total. The fourth-order valence-corrected chi connectivity index (χ4v) is 5.23. The van der Waals surface area contributed by atoms with Gasteiger partial charge in [-0.05, 0) is 47.3 Å². The van der Waals surface area contributed by atoms with E-state index in [1.807, 2.05) is 47.1 Å². The molecule has 0 saturated heterocycles. The van der Waals surface area contributed by atoms with Crippen molar-refractivity contribution >= 4 is 26.8 Å². The number of ether oxygens (including phenoxy) is 1. The van der Waals surface area contributed by atoms with E-state index in [1.54, 1.807) is 11.8 Å². The van der Waals surface area contributed by atoms with Crippen LogP contribution in [0.5, 0.6) is 0 Å². The molecule has 0 aromatic heterocycles. The quantitative estimate of drug-likeness (QED) is 0.201. The highest BCUT2D eigenvalue weighted by molar-refractivity contribution is 8.03. The summed E-state index contributed by atoms with van der Waals surface area (Å²) in [7, 11) is -2.53. The van der Waals surface area contributed by atoms with Crippen LogP contribution in [0, 0.1) is 0 Å². The third kappa shape index (κ3) is 9.51. The molecule has 0 atom stereocenters. The van der Waals surface area contributed by atoms with Gasteiger partial charge in [0.05, 0.1) is 11.5 Å². The van der Waals surface area contributed by atoms with Gasteiger partial charge in [-0.2, -0.15) is 0 Å². The molecule has 0 unspecified atom stereocenters. The van der Waals surface area contributed by atoms with Crippen molar-refractivity contribution in [3.63, 3.8) is 0 Å². The Morgan fingerprint density at radius 3 is 2.00 bits per heavy atom. The largest absolute Gasteiger partial charge is 0.500 e. The predicted molar refractivity (Wildman–Crippen MR) is 101 cm³/mol. The minimum atomic E-state index is -2.53. The molecule has 23 heavy (non-hydrogen) atoms. The molecule has 0 bridgehead atoms. The molecule has 0 rings (SSSR count). The maximum atomic E-state index is 5.84. The zero-order valence-corrected chi connectivity index (χ0v) is 17.3. The van der Waals surface area contributed by atoms with Crippen LogP contribution in [0.25, 0.3) is 0 Å². The Bertz CT molecular complexity index is 347. The SMILES string of the molecule is CCOC(C)=C(C=NCCC[Si](OCC)(OCC)OCC)SC.